The number of hydrogen-bond donors (Lipinski definition) is 2. The fourth-order valence-corrected chi connectivity index (χ4v) is 2.30. The van der Waals surface area contributed by atoms with Crippen LogP contribution in [0, 0.1) is 11.8 Å². The molecule has 19 heavy (non-hydrogen) atoms. The summed E-state index contributed by atoms with van der Waals surface area (Å²) in [4.78, 5) is 11.9. The van der Waals surface area contributed by atoms with Crippen LogP contribution in [0.3, 0.4) is 0 Å². The van der Waals surface area contributed by atoms with E-state index in [1.165, 1.54) is 0 Å². The molecule has 0 saturated heterocycles. The molecule has 0 spiro atoms. The van der Waals surface area contributed by atoms with Gasteiger partial charge < -0.3 is 11.1 Å². The standard InChI is InChI=1S/C15H23ClN2O/c1-11(2)7-12(9-17)8-15(19)18-10-13-5-3-4-6-14(13)16/h3-6,11-12H,7-10,17H2,1-2H3,(H,18,19)/t12-/m0/s1. The Morgan fingerprint density at radius 1 is 1.37 bits per heavy atom. The number of amides is 1. The van der Waals surface area contributed by atoms with Gasteiger partial charge >= 0.3 is 0 Å². The molecule has 0 radical (unpaired) electrons. The van der Waals surface area contributed by atoms with Gasteiger partial charge in [0.25, 0.3) is 0 Å². The third kappa shape index (κ3) is 6.08. The summed E-state index contributed by atoms with van der Waals surface area (Å²) < 4.78 is 0. The minimum atomic E-state index is 0.0380. The minimum Gasteiger partial charge on any atom is -0.352 e. The Balaban J connectivity index is 2.41. The predicted octanol–water partition coefficient (Wildman–Crippen LogP) is 2.97. The van der Waals surface area contributed by atoms with Crippen LogP contribution in [0.1, 0.15) is 32.3 Å². The fourth-order valence-electron chi connectivity index (χ4n) is 2.10. The fraction of sp³-hybridized carbons (Fsp3) is 0.533. The third-order valence-corrected chi connectivity index (χ3v) is 3.41. The first-order chi connectivity index (χ1) is 9.02. The van der Waals surface area contributed by atoms with Crippen molar-refractivity contribution in [1.82, 2.24) is 5.32 Å². The summed E-state index contributed by atoms with van der Waals surface area (Å²) >= 11 is 6.04. The monoisotopic (exact) mass is 282 g/mol. The maximum Gasteiger partial charge on any atom is 0.220 e. The first-order valence-electron chi connectivity index (χ1n) is 6.73. The Bertz CT molecular complexity index is 407. The minimum absolute atomic E-state index is 0.0380. The Labute approximate surface area is 120 Å². The smallest absolute Gasteiger partial charge is 0.220 e. The van der Waals surface area contributed by atoms with Gasteiger partial charge in [0.15, 0.2) is 0 Å². The molecule has 1 aromatic rings. The van der Waals surface area contributed by atoms with E-state index in [-0.39, 0.29) is 11.8 Å². The van der Waals surface area contributed by atoms with Crippen LogP contribution in [0.25, 0.3) is 0 Å². The molecule has 0 aromatic heterocycles. The molecule has 0 saturated carbocycles. The molecule has 0 bridgehead atoms. The van der Waals surface area contributed by atoms with Gasteiger partial charge in [-0.25, -0.2) is 0 Å². The average Bonchev–Trinajstić information content (AvgIpc) is 2.36. The van der Waals surface area contributed by atoms with Crippen molar-refractivity contribution in [2.75, 3.05) is 6.54 Å². The highest BCUT2D eigenvalue weighted by molar-refractivity contribution is 6.31. The number of nitrogens with one attached hydrogen (secondary N) is 1. The summed E-state index contributed by atoms with van der Waals surface area (Å²) in [7, 11) is 0. The van der Waals surface area contributed by atoms with Gasteiger partial charge in [-0.1, -0.05) is 43.6 Å². The highest BCUT2D eigenvalue weighted by Gasteiger charge is 2.14. The average molecular weight is 283 g/mol. The summed E-state index contributed by atoms with van der Waals surface area (Å²) in [5, 5.41) is 3.58. The van der Waals surface area contributed by atoms with Gasteiger partial charge in [-0.2, -0.15) is 0 Å². The Morgan fingerprint density at radius 2 is 2.05 bits per heavy atom. The maximum atomic E-state index is 11.9. The summed E-state index contributed by atoms with van der Waals surface area (Å²) in [6.45, 7) is 5.31. The van der Waals surface area contributed by atoms with E-state index < -0.39 is 0 Å². The third-order valence-electron chi connectivity index (χ3n) is 3.05. The van der Waals surface area contributed by atoms with Gasteiger partial charge in [-0.3, -0.25) is 4.79 Å². The van der Waals surface area contributed by atoms with E-state index in [1.54, 1.807) is 0 Å². The quantitative estimate of drug-likeness (QED) is 0.808. The number of benzene rings is 1. The topological polar surface area (TPSA) is 55.1 Å². The van der Waals surface area contributed by atoms with E-state index in [2.05, 4.69) is 19.2 Å². The van der Waals surface area contributed by atoms with E-state index >= 15 is 0 Å². The molecule has 106 valence electrons. The number of carbonyl (C=O) groups excluding carboxylic acids is 1. The molecule has 1 aromatic carbocycles. The van der Waals surface area contributed by atoms with Gasteiger partial charge in [-0.05, 0) is 36.4 Å². The Morgan fingerprint density at radius 3 is 2.63 bits per heavy atom. The first-order valence-corrected chi connectivity index (χ1v) is 7.11. The maximum absolute atomic E-state index is 11.9. The molecule has 4 heteroatoms. The lowest BCUT2D eigenvalue weighted by atomic mass is 9.94. The van der Waals surface area contributed by atoms with Crippen LogP contribution in [-0.2, 0) is 11.3 Å². The van der Waals surface area contributed by atoms with Crippen LogP contribution in [0.2, 0.25) is 5.02 Å². The van der Waals surface area contributed by atoms with Crippen molar-refractivity contribution in [2.45, 2.75) is 33.2 Å². The van der Waals surface area contributed by atoms with Crippen LogP contribution in [0.15, 0.2) is 24.3 Å². The molecule has 0 unspecified atom stereocenters. The molecule has 0 fully saturated rings. The van der Waals surface area contributed by atoms with Crippen LogP contribution in [0.5, 0.6) is 0 Å². The summed E-state index contributed by atoms with van der Waals surface area (Å²) in [5.41, 5.74) is 6.64. The highest BCUT2D eigenvalue weighted by Crippen LogP contribution is 2.16. The van der Waals surface area contributed by atoms with Crippen molar-refractivity contribution in [3.63, 3.8) is 0 Å². The molecule has 0 aliphatic carbocycles. The SMILES string of the molecule is CC(C)C[C@H](CN)CC(=O)NCc1ccccc1Cl. The number of hydrogen-bond acceptors (Lipinski definition) is 2. The Hall–Kier alpha value is -1.06. The van der Waals surface area contributed by atoms with E-state index in [9.17, 15) is 4.79 Å². The molecular weight excluding hydrogens is 260 g/mol. The normalized spacial score (nSPS) is 12.5. The Kier molecular flexibility index (Phi) is 6.89. The second-order valence-corrected chi connectivity index (χ2v) is 5.71. The molecule has 3 nitrogen and oxygen atoms in total. The van der Waals surface area contributed by atoms with E-state index in [0.29, 0.717) is 30.5 Å². The molecular formula is C15H23ClN2O. The second-order valence-electron chi connectivity index (χ2n) is 5.30. The zero-order valence-electron chi connectivity index (χ0n) is 11.7. The van der Waals surface area contributed by atoms with Crippen molar-refractivity contribution in [3.05, 3.63) is 34.9 Å². The molecule has 1 rings (SSSR count). The molecule has 3 N–H and O–H groups in total. The van der Waals surface area contributed by atoms with Crippen LogP contribution in [-0.4, -0.2) is 12.5 Å². The van der Waals surface area contributed by atoms with Gasteiger partial charge in [0.1, 0.15) is 0 Å². The largest absolute Gasteiger partial charge is 0.352 e. The summed E-state index contributed by atoms with van der Waals surface area (Å²) in [5.74, 6) is 0.854. The molecule has 1 atom stereocenters. The number of nitrogens with two attached hydrogens (primary N) is 1. The van der Waals surface area contributed by atoms with Crippen molar-refractivity contribution >= 4 is 17.5 Å². The number of halogens is 1. The predicted molar refractivity (Wildman–Crippen MR) is 79.9 cm³/mol. The second kappa shape index (κ2) is 8.18. The van der Waals surface area contributed by atoms with Crippen molar-refractivity contribution < 1.29 is 4.79 Å². The van der Waals surface area contributed by atoms with Crippen molar-refractivity contribution in [2.24, 2.45) is 17.6 Å². The number of rotatable bonds is 7. The van der Waals surface area contributed by atoms with Gasteiger partial charge in [0.2, 0.25) is 5.91 Å². The van der Waals surface area contributed by atoms with Gasteiger partial charge in [-0.15, -0.1) is 0 Å². The van der Waals surface area contributed by atoms with Crippen molar-refractivity contribution in [1.29, 1.82) is 0 Å². The van der Waals surface area contributed by atoms with E-state index in [4.69, 9.17) is 17.3 Å². The van der Waals surface area contributed by atoms with Crippen LogP contribution < -0.4 is 11.1 Å². The van der Waals surface area contributed by atoms with E-state index in [0.717, 1.165) is 12.0 Å². The molecule has 0 aliphatic rings. The highest BCUT2D eigenvalue weighted by atomic mass is 35.5. The van der Waals surface area contributed by atoms with Crippen molar-refractivity contribution in [3.8, 4) is 0 Å². The van der Waals surface area contributed by atoms with Gasteiger partial charge in [0, 0.05) is 18.0 Å². The molecule has 1 amide bonds. The first kappa shape index (κ1) is 16.0. The lowest BCUT2D eigenvalue weighted by Gasteiger charge is -2.16. The van der Waals surface area contributed by atoms with Gasteiger partial charge in [0.05, 0.1) is 0 Å². The van der Waals surface area contributed by atoms with Crippen LogP contribution in [0.4, 0.5) is 0 Å². The lowest BCUT2D eigenvalue weighted by molar-refractivity contribution is -0.122. The lowest BCUT2D eigenvalue weighted by Crippen LogP contribution is -2.28. The zero-order chi connectivity index (χ0) is 14.3. The summed E-state index contributed by atoms with van der Waals surface area (Å²) in [6, 6.07) is 7.53. The van der Waals surface area contributed by atoms with E-state index in [1.807, 2.05) is 24.3 Å². The number of carbonyl (C=O) groups is 1. The zero-order valence-corrected chi connectivity index (χ0v) is 12.4. The molecule has 0 heterocycles. The van der Waals surface area contributed by atoms with Crippen LogP contribution >= 0.6 is 11.6 Å². The molecule has 0 aliphatic heterocycles. The summed E-state index contributed by atoms with van der Waals surface area (Å²) in [6.07, 6.45) is 1.47.